The van der Waals surface area contributed by atoms with Crippen LogP contribution in [0.25, 0.3) is 0 Å². The molecule has 19 heavy (non-hydrogen) atoms. The molecule has 1 aromatic heterocycles. The van der Waals surface area contributed by atoms with E-state index < -0.39 is 0 Å². The molecule has 1 unspecified atom stereocenters. The van der Waals surface area contributed by atoms with E-state index in [9.17, 15) is 0 Å². The first-order valence-corrected chi connectivity index (χ1v) is 7.89. The predicted octanol–water partition coefficient (Wildman–Crippen LogP) is 2.80. The maximum Gasteiger partial charge on any atom is 0.0951 e. The zero-order valence-electron chi connectivity index (χ0n) is 10.9. The molecule has 0 radical (unpaired) electrons. The van der Waals surface area contributed by atoms with Gasteiger partial charge in [0.25, 0.3) is 0 Å². The Kier molecular flexibility index (Phi) is 3.89. The second kappa shape index (κ2) is 5.80. The van der Waals surface area contributed by atoms with Gasteiger partial charge >= 0.3 is 0 Å². The van der Waals surface area contributed by atoms with Gasteiger partial charge in [0.05, 0.1) is 18.1 Å². The highest BCUT2D eigenvalue weighted by atomic mass is 32.2. The Bertz CT molecular complexity index is 517. The summed E-state index contributed by atoms with van der Waals surface area (Å²) in [7, 11) is 0. The highest BCUT2D eigenvalue weighted by Crippen LogP contribution is 2.30. The lowest BCUT2D eigenvalue weighted by atomic mass is 10.0. The zero-order chi connectivity index (χ0) is 13.1. The van der Waals surface area contributed by atoms with Crippen molar-refractivity contribution in [2.24, 2.45) is 5.73 Å². The third kappa shape index (κ3) is 2.85. The molecule has 100 valence electrons. The fourth-order valence-electron chi connectivity index (χ4n) is 2.62. The summed E-state index contributed by atoms with van der Waals surface area (Å²) in [5.74, 6) is 2.43. The van der Waals surface area contributed by atoms with Crippen molar-refractivity contribution < 1.29 is 0 Å². The second-order valence-electron chi connectivity index (χ2n) is 5.04. The van der Waals surface area contributed by atoms with E-state index in [-0.39, 0.29) is 6.04 Å². The minimum absolute atomic E-state index is 0.0236. The molecule has 0 saturated carbocycles. The minimum atomic E-state index is 0.0236. The van der Waals surface area contributed by atoms with Gasteiger partial charge in [-0.3, -0.25) is 0 Å². The quantitative estimate of drug-likeness (QED) is 0.931. The number of benzene rings is 1. The number of rotatable bonds is 4. The Balaban J connectivity index is 1.76. The van der Waals surface area contributed by atoms with Crippen molar-refractivity contribution in [1.29, 1.82) is 0 Å². The third-order valence-electron chi connectivity index (χ3n) is 3.67. The highest BCUT2D eigenvalue weighted by Gasteiger charge is 2.21. The average molecular weight is 273 g/mol. The van der Waals surface area contributed by atoms with E-state index in [1.165, 1.54) is 23.5 Å². The summed E-state index contributed by atoms with van der Waals surface area (Å²) in [5.41, 5.74) is 8.82. The van der Waals surface area contributed by atoms with Gasteiger partial charge in [-0.25, -0.2) is 4.98 Å². The smallest absolute Gasteiger partial charge is 0.0951 e. The maximum absolute atomic E-state index is 6.37. The number of nitrogens with zero attached hydrogens (tertiary/aromatic N) is 2. The Labute approximate surface area is 118 Å². The lowest BCUT2D eigenvalue weighted by Crippen LogP contribution is -2.20. The van der Waals surface area contributed by atoms with E-state index in [0.717, 1.165) is 12.1 Å². The lowest BCUT2D eigenvalue weighted by molar-refractivity contribution is 0.513. The van der Waals surface area contributed by atoms with Crippen LogP contribution >= 0.6 is 11.8 Å². The van der Waals surface area contributed by atoms with Crippen LogP contribution in [0.4, 0.5) is 0 Å². The first kappa shape index (κ1) is 12.8. The van der Waals surface area contributed by atoms with E-state index in [2.05, 4.69) is 33.8 Å². The normalized spacial score (nSPS) is 20.6. The van der Waals surface area contributed by atoms with Crippen molar-refractivity contribution >= 4 is 11.8 Å². The zero-order valence-corrected chi connectivity index (χ0v) is 11.7. The predicted molar refractivity (Wildman–Crippen MR) is 80.3 cm³/mol. The lowest BCUT2D eigenvalue weighted by Gasteiger charge is -2.19. The van der Waals surface area contributed by atoms with Gasteiger partial charge in [0, 0.05) is 18.0 Å². The summed E-state index contributed by atoms with van der Waals surface area (Å²) < 4.78 is 2.29. The molecule has 4 heteroatoms. The standard InChI is InChI=1S/C15H19N3S/c16-14(8-12-4-2-1-3-5-12)15-9-17-11-18(15)13-6-7-19-10-13/h1-5,9,11,13-14H,6-8,10,16H2/t13?,14-/m1/s1. The number of thioether (sulfide) groups is 1. The number of imidazole rings is 1. The van der Waals surface area contributed by atoms with E-state index in [1.54, 1.807) is 0 Å². The molecule has 0 bridgehead atoms. The van der Waals surface area contributed by atoms with Crippen LogP contribution in [0, 0.1) is 0 Å². The van der Waals surface area contributed by atoms with Crippen molar-refractivity contribution in [2.45, 2.75) is 24.9 Å². The third-order valence-corrected chi connectivity index (χ3v) is 4.82. The van der Waals surface area contributed by atoms with Crippen LogP contribution in [0.3, 0.4) is 0 Å². The molecule has 2 N–H and O–H groups in total. The van der Waals surface area contributed by atoms with Gasteiger partial charge in [-0.15, -0.1) is 0 Å². The van der Waals surface area contributed by atoms with Gasteiger partial charge in [0.2, 0.25) is 0 Å². The average Bonchev–Trinajstić information content (AvgIpc) is 3.10. The summed E-state index contributed by atoms with van der Waals surface area (Å²) in [5, 5.41) is 0. The molecule has 1 aromatic carbocycles. The Morgan fingerprint density at radius 3 is 2.95 bits per heavy atom. The van der Waals surface area contributed by atoms with E-state index >= 15 is 0 Å². The van der Waals surface area contributed by atoms with E-state index in [4.69, 9.17) is 5.73 Å². The number of aromatic nitrogens is 2. The first-order chi connectivity index (χ1) is 9.34. The number of nitrogens with two attached hydrogens (primary N) is 1. The molecule has 2 heterocycles. The van der Waals surface area contributed by atoms with Crippen molar-refractivity contribution in [3.05, 3.63) is 54.1 Å². The van der Waals surface area contributed by atoms with Gasteiger partial charge in [-0.05, 0) is 24.2 Å². The van der Waals surface area contributed by atoms with Crippen LogP contribution in [0.1, 0.15) is 29.8 Å². The Morgan fingerprint density at radius 2 is 2.21 bits per heavy atom. The summed E-state index contributed by atoms with van der Waals surface area (Å²) in [6.45, 7) is 0. The molecule has 1 aliphatic heterocycles. The van der Waals surface area contributed by atoms with Crippen molar-refractivity contribution in [1.82, 2.24) is 9.55 Å². The summed E-state index contributed by atoms with van der Waals surface area (Å²) in [6.07, 6.45) is 5.96. The molecule has 2 atom stereocenters. The molecule has 1 fully saturated rings. The summed E-state index contributed by atoms with van der Waals surface area (Å²) in [6, 6.07) is 11.0. The van der Waals surface area contributed by atoms with Crippen LogP contribution in [0.15, 0.2) is 42.9 Å². The fraction of sp³-hybridized carbons (Fsp3) is 0.400. The van der Waals surface area contributed by atoms with Crippen LogP contribution in [0.2, 0.25) is 0 Å². The molecule has 2 aromatic rings. The second-order valence-corrected chi connectivity index (χ2v) is 6.19. The van der Waals surface area contributed by atoms with Crippen molar-refractivity contribution in [3.8, 4) is 0 Å². The summed E-state index contributed by atoms with van der Waals surface area (Å²) in [4.78, 5) is 4.30. The first-order valence-electron chi connectivity index (χ1n) is 6.73. The molecule has 1 saturated heterocycles. The van der Waals surface area contributed by atoms with Crippen LogP contribution < -0.4 is 5.73 Å². The van der Waals surface area contributed by atoms with Crippen molar-refractivity contribution in [2.75, 3.05) is 11.5 Å². The van der Waals surface area contributed by atoms with Crippen molar-refractivity contribution in [3.63, 3.8) is 0 Å². The van der Waals surface area contributed by atoms with Gasteiger partial charge in [-0.1, -0.05) is 30.3 Å². The monoisotopic (exact) mass is 273 g/mol. The molecule has 0 spiro atoms. The molecule has 3 nitrogen and oxygen atoms in total. The van der Waals surface area contributed by atoms with Gasteiger partial charge in [0.1, 0.15) is 0 Å². The summed E-state index contributed by atoms with van der Waals surface area (Å²) >= 11 is 2.02. The topological polar surface area (TPSA) is 43.8 Å². The van der Waals surface area contributed by atoms with Gasteiger partial charge in [0.15, 0.2) is 0 Å². The van der Waals surface area contributed by atoms with E-state index in [1.807, 2.05) is 30.4 Å². The maximum atomic E-state index is 6.37. The number of hydrogen-bond acceptors (Lipinski definition) is 3. The molecular weight excluding hydrogens is 254 g/mol. The number of hydrogen-bond donors (Lipinski definition) is 1. The molecule has 0 aliphatic carbocycles. The highest BCUT2D eigenvalue weighted by molar-refractivity contribution is 7.99. The molecule has 1 aliphatic rings. The van der Waals surface area contributed by atoms with Gasteiger partial charge < -0.3 is 10.3 Å². The SMILES string of the molecule is N[C@H](Cc1ccccc1)c1cncn1C1CCSC1. The van der Waals surface area contributed by atoms with Crippen LogP contribution in [0.5, 0.6) is 0 Å². The minimum Gasteiger partial charge on any atom is -0.329 e. The fourth-order valence-corrected chi connectivity index (χ4v) is 3.83. The van der Waals surface area contributed by atoms with Gasteiger partial charge in [-0.2, -0.15) is 11.8 Å². The van der Waals surface area contributed by atoms with Crippen LogP contribution in [-0.4, -0.2) is 21.1 Å². The largest absolute Gasteiger partial charge is 0.329 e. The Morgan fingerprint density at radius 1 is 1.37 bits per heavy atom. The van der Waals surface area contributed by atoms with Crippen LogP contribution in [-0.2, 0) is 6.42 Å². The Hall–Kier alpha value is -1.26. The van der Waals surface area contributed by atoms with E-state index in [0.29, 0.717) is 6.04 Å². The molecule has 0 amide bonds. The molecule has 3 rings (SSSR count). The molecular formula is C15H19N3S.